The van der Waals surface area contributed by atoms with Gasteiger partial charge in [0.2, 0.25) is 0 Å². The molecule has 0 aromatic heterocycles. The van der Waals surface area contributed by atoms with Crippen molar-refractivity contribution in [3.63, 3.8) is 0 Å². The van der Waals surface area contributed by atoms with Crippen LogP contribution in [-0.2, 0) is 9.63 Å². The number of oxime groups is 1. The van der Waals surface area contributed by atoms with Crippen LogP contribution in [0.4, 0.5) is 0 Å². The number of halogens is 1. The van der Waals surface area contributed by atoms with Gasteiger partial charge in [0.25, 0.3) is 0 Å². The van der Waals surface area contributed by atoms with Crippen molar-refractivity contribution in [2.45, 2.75) is 12.3 Å². The average Bonchev–Trinajstić information content (AvgIpc) is 3.41. The molecular weight excluding hydrogens is 328 g/mol. The molecule has 3 rings (SSSR count). The van der Waals surface area contributed by atoms with Crippen LogP contribution in [0, 0.1) is 5.92 Å². The van der Waals surface area contributed by atoms with Crippen LogP contribution >= 0.6 is 11.6 Å². The van der Waals surface area contributed by atoms with Crippen LogP contribution in [0.25, 0.3) is 0 Å². The fourth-order valence-corrected chi connectivity index (χ4v) is 2.79. The van der Waals surface area contributed by atoms with Crippen LogP contribution in [-0.4, -0.2) is 18.9 Å². The maximum atomic E-state index is 12.1. The number of nitrogens with zero attached hydrogens (tertiary/aromatic N) is 1. The smallest absolute Gasteiger partial charge is 0.338 e. The fraction of sp³-hybridized carbons (Fsp3) is 0.222. The third kappa shape index (κ3) is 3.51. The lowest BCUT2D eigenvalue weighted by Gasteiger charge is -2.07. The van der Waals surface area contributed by atoms with Crippen molar-refractivity contribution in [1.82, 2.24) is 0 Å². The topological polar surface area (TPSA) is 73.9 Å². The third-order valence-electron chi connectivity index (χ3n) is 3.99. The molecule has 0 aliphatic heterocycles. The summed E-state index contributed by atoms with van der Waals surface area (Å²) in [7, 11) is 1.51. The van der Waals surface area contributed by atoms with Crippen molar-refractivity contribution in [3.8, 4) is 5.75 Å². The lowest BCUT2D eigenvalue weighted by atomic mass is 10.1. The molecule has 2 N–H and O–H groups in total. The van der Waals surface area contributed by atoms with E-state index in [2.05, 4.69) is 5.16 Å². The van der Waals surface area contributed by atoms with E-state index >= 15 is 0 Å². The van der Waals surface area contributed by atoms with Gasteiger partial charge in [0, 0.05) is 5.02 Å². The zero-order valence-electron chi connectivity index (χ0n) is 13.1. The van der Waals surface area contributed by atoms with Crippen molar-refractivity contribution < 1.29 is 14.4 Å². The second-order valence-corrected chi connectivity index (χ2v) is 6.03. The highest BCUT2D eigenvalue weighted by molar-refractivity contribution is 6.31. The highest BCUT2D eigenvalue weighted by Crippen LogP contribution is 2.48. The Morgan fingerprint density at radius 2 is 2.00 bits per heavy atom. The van der Waals surface area contributed by atoms with E-state index in [0.29, 0.717) is 16.3 Å². The van der Waals surface area contributed by atoms with E-state index < -0.39 is 0 Å². The number of nitrogens with two attached hydrogens (primary N) is 1. The molecule has 0 spiro atoms. The van der Waals surface area contributed by atoms with Gasteiger partial charge in [-0.1, -0.05) is 47.1 Å². The predicted octanol–water partition coefficient (Wildman–Crippen LogP) is 3.32. The van der Waals surface area contributed by atoms with Gasteiger partial charge in [-0.2, -0.15) is 0 Å². The van der Waals surface area contributed by atoms with Gasteiger partial charge in [0.1, 0.15) is 5.75 Å². The van der Waals surface area contributed by atoms with Gasteiger partial charge in [0.05, 0.1) is 18.6 Å². The lowest BCUT2D eigenvalue weighted by molar-refractivity contribution is -0.145. The average molecular weight is 345 g/mol. The highest BCUT2D eigenvalue weighted by Gasteiger charge is 2.45. The first-order valence-electron chi connectivity index (χ1n) is 7.53. The molecule has 0 heterocycles. The summed E-state index contributed by atoms with van der Waals surface area (Å²) < 4.78 is 5.20. The molecule has 1 aliphatic rings. The summed E-state index contributed by atoms with van der Waals surface area (Å²) in [4.78, 5) is 17.1. The number of methoxy groups -OCH3 is 1. The predicted molar refractivity (Wildman–Crippen MR) is 92.1 cm³/mol. The van der Waals surface area contributed by atoms with E-state index in [1.165, 1.54) is 7.11 Å². The molecule has 0 saturated heterocycles. The zero-order valence-corrected chi connectivity index (χ0v) is 13.9. The molecule has 2 unspecified atom stereocenters. The fourth-order valence-electron chi connectivity index (χ4n) is 2.62. The van der Waals surface area contributed by atoms with Crippen molar-refractivity contribution in [2.24, 2.45) is 16.8 Å². The Hall–Kier alpha value is -2.53. The summed E-state index contributed by atoms with van der Waals surface area (Å²) in [6, 6.07) is 14.8. The summed E-state index contributed by atoms with van der Waals surface area (Å²) in [6.07, 6.45) is 0.763. The minimum absolute atomic E-state index is 0.0413. The van der Waals surface area contributed by atoms with Crippen LogP contribution < -0.4 is 10.5 Å². The Kier molecular flexibility index (Phi) is 4.71. The first-order chi connectivity index (χ1) is 11.6. The number of hydrogen-bond acceptors (Lipinski definition) is 4. The van der Waals surface area contributed by atoms with Gasteiger partial charge in [-0.25, -0.2) is 4.79 Å². The quantitative estimate of drug-likeness (QED) is 0.391. The molecule has 0 radical (unpaired) electrons. The van der Waals surface area contributed by atoms with E-state index in [4.69, 9.17) is 26.9 Å². The first-order valence-corrected chi connectivity index (χ1v) is 7.91. The maximum Gasteiger partial charge on any atom is 0.338 e. The highest BCUT2D eigenvalue weighted by atomic mass is 35.5. The number of hydrogen-bond donors (Lipinski definition) is 1. The number of carbonyl (C=O) groups excluding carboxylic acids is 1. The number of amidine groups is 1. The number of benzene rings is 2. The second kappa shape index (κ2) is 6.93. The van der Waals surface area contributed by atoms with Crippen LogP contribution in [0.1, 0.15) is 23.5 Å². The normalized spacial score (nSPS) is 19.7. The monoisotopic (exact) mass is 344 g/mol. The van der Waals surface area contributed by atoms with E-state index in [1.807, 2.05) is 30.3 Å². The lowest BCUT2D eigenvalue weighted by Crippen LogP contribution is -2.17. The Bertz CT molecular complexity index is 777. The third-order valence-corrected chi connectivity index (χ3v) is 4.23. The number of carbonyl (C=O) groups is 1. The van der Waals surface area contributed by atoms with E-state index in [0.717, 1.165) is 12.0 Å². The molecule has 1 fully saturated rings. The van der Waals surface area contributed by atoms with Crippen LogP contribution in [0.2, 0.25) is 5.02 Å². The van der Waals surface area contributed by atoms with E-state index in [1.54, 1.807) is 18.2 Å². The Morgan fingerprint density at radius 3 is 2.71 bits per heavy atom. The van der Waals surface area contributed by atoms with Gasteiger partial charge in [-0.15, -0.1) is 0 Å². The van der Waals surface area contributed by atoms with Crippen molar-refractivity contribution in [1.29, 1.82) is 0 Å². The van der Waals surface area contributed by atoms with E-state index in [-0.39, 0.29) is 23.6 Å². The van der Waals surface area contributed by atoms with Gasteiger partial charge in [0.15, 0.2) is 5.84 Å². The standard InChI is InChI=1S/C18H17ClN2O3/c1-23-16-8-7-12(19)9-15(16)17(20)21-24-18(22)14-10-13(14)11-5-3-2-4-6-11/h2-9,13-14H,10H2,1H3,(H2,20,21). The summed E-state index contributed by atoms with van der Waals surface area (Å²) in [5.74, 6) is 0.179. The number of ether oxygens (including phenoxy) is 1. The molecule has 0 amide bonds. The summed E-state index contributed by atoms with van der Waals surface area (Å²) in [5, 5.41) is 4.23. The Morgan fingerprint density at radius 1 is 1.25 bits per heavy atom. The summed E-state index contributed by atoms with van der Waals surface area (Å²) in [6.45, 7) is 0. The molecule has 124 valence electrons. The van der Waals surface area contributed by atoms with Crippen LogP contribution in [0.15, 0.2) is 53.7 Å². The molecule has 2 atom stereocenters. The minimum atomic E-state index is -0.382. The first kappa shape index (κ1) is 16.3. The largest absolute Gasteiger partial charge is 0.496 e. The Balaban J connectivity index is 1.66. The van der Waals surface area contributed by atoms with Crippen LogP contribution in [0.3, 0.4) is 0 Å². The van der Waals surface area contributed by atoms with Gasteiger partial charge < -0.3 is 15.3 Å². The molecular formula is C18H17ClN2O3. The molecule has 1 saturated carbocycles. The SMILES string of the molecule is COc1ccc(Cl)cc1/C(N)=N/OC(=O)C1CC1c1ccccc1. The molecule has 5 nitrogen and oxygen atoms in total. The molecule has 2 aromatic rings. The van der Waals surface area contributed by atoms with Crippen molar-refractivity contribution >= 4 is 23.4 Å². The summed E-state index contributed by atoms with van der Waals surface area (Å²) >= 11 is 5.95. The van der Waals surface area contributed by atoms with Gasteiger partial charge in [-0.05, 0) is 36.1 Å². The molecule has 1 aliphatic carbocycles. The second-order valence-electron chi connectivity index (χ2n) is 5.59. The van der Waals surface area contributed by atoms with Crippen molar-refractivity contribution in [3.05, 3.63) is 64.7 Å². The van der Waals surface area contributed by atoms with Gasteiger partial charge >= 0.3 is 5.97 Å². The molecule has 0 bridgehead atoms. The molecule has 2 aromatic carbocycles. The summed E-state index contributed by atoms with van der Waals surface area (Å²) in [5.41, 5.74) is 7.50. The molecule has 6 heteroatoms. The molecule has 24 heavy (non-hydrogen) atoms. The Labute approximate surface area is 145 Å². The maximum absolute atomic E-state index is 12.1. The zero-order chi connectivity index (χ0) is 17.1. The van der Waals surface area contributed by atoms with Crippen molar-refractivity contribution in [2.75, 3.05) is 7.11 Å². The van der Waals surface area contributed by atoms with E-state index in [9.17, 15) is 4.79 Å². The number of rotatable bonds is 5. The van der Waals surface area contributed by atoms with Crippen LogP contribution in [0.5, 0.6) is 5.75 Å². The minimum Gasteiger partial charge on any atom is -0.496 e. The van der Waals surface area contributed by atoms with Gasteiger partial charge in [-0.3, -0.25) is 0 Å².